The molecule has 4 aliphatic rings. The standard InChI is InChI=1S/C20H23N3O2/c1-21-8-10-22(11-9-21)15-4-6-16(7-5-15)23-19(24)17-13-2-3-14(12-13)18(17)20(23)25/h2-7,13-14,17-18H,8-12H2,1H3. The van der Waals surface area contributed by atoms with Crippen molar-refractivity contribution in [2.45, 2.75) is 6.42 Å². The van der Waals surface area contributed by atoms with Crippen LogP contribution in [0.1, 0.15) is 6.42 Å². The van der Waals surface area contributed by atoms with Gasteiger partial charge in [-0.25, -0.2) is 0 Å². The van der Waals surface area contributed by atoms with Crippen LogP contribution in [0.15, 0.2) is 36.4 Å². The van der Waals surface area contributed by atoms with Crippen molar-refractivity contribution in [1.82, 2.24) is 4.90 Å². The molecule has 0 radical (unpaired) electrons. The van der Waals surface area contributed by atoms with Crippen LogP contribution >= 0.6 is 0 Å². The van der Waals surface area contributed by atoms with Gasteiger partial charge in [-0.1, -0.05) is 12.2 Å². The van der Waals surface area contributed by atoms with Crippen LogP contribution < -0.4 is 9.80 Å². The SMILES string of the molecule is CN1CCN(c2ccc(N3C(=O)C4C5C=CC(C5)C4C3=O)cc2)CC1. The van der Waals surface area contributed by atoms with Gasteiger partial charge < -0.3 is 9.80 Å². The normalized spacial score (nSPS) is 34.3. The zero-order valence-electron chi connectivity index (χ0n) is 14.5. The first-order valence-corrected chi connectivity index (χ1v) is 9.23. The molecule has 0 spiro atoms. The molecule has 5 heteroatoms. The molecule has 2 aliphatic carbocycles. The lowest BCUT2D eigenvalue weighted by atomic mass is 9.85. The number of hydrogen-bond donors (Lipinski definition) is 0. The molecule has 5 rings (SSSR count). The van der Waals surface area contributed by atoms with Crippen LogP contribution in [0.4, 0.5) is 11.4 Å². The first-order chi connectivity index (χ1) is 12.1. The van der Waals surface area contributed by atoms with Gasteiger partial charge >= 0.3 is 0 Å². The summed E-state index contributed by atoms with van der Waals surface area (Å²) < 4.78 is 0. The second-order valence-corrected chi connectivity index (χ2v) is 7.82. The Morgan fingerprint density at radius 3 is 1.88 bits per heavy atom. The Morgan fingerprint density at radius 2 is 1.32 bits per heavy atom. The van der Waals surface area contributed by atoms with E-state index in [9.17, 15) is 9.59 Å². The summed E-state index contributed by atoms with van der Waals surface area (Å²) in [7, 11) is 2.14. The average molecular weight is 337 g/mol. The Bertz CT molecular complexity index is 719. The van der Waals surface area contributed by atoms with Crippen LogP contribution in [-0.2, 0) is 9.59 Å². The van der Waals surface area contributed by atoms with E-state index in [1.54, 1.807) is 0 Å². The second-order valence-electron chi connectivity index (χ2n) is 7.82. The highest BCUT2D eigenvalue weighted by molar-refractivity contribution is 6.22. The van der Waals surface area contributed by atoms with Crippen LogP contribution in [0, 0.1) is 23.7 Å². The number of nitrogens with zero attached hydrogens (tertiary/aromatic N) is 3. The van der Waals surface area contributed by atoms with Crippen molar-refractivity contribution in [1.29, 1.82) is 0 Å². The third-order valence-electron chi connectivity index (χ3n) is 6.45. The highest BCUT2D eigenvalue weighted by atomic mass is 16.2. The maximum absolute atomic E-state index is 12.9. The minimum Gasteiger partial charge on any atom is -0.369 e. The number of likely N-dealkylation sites (N-methyl/N-ethyl adjacent to an activating group) is 1. The molecule has 130 valence electrons. The van der Waals surface area contributed by atoms with Crippen molar-refractivity contribution in [2.75, 3.05) is 43.0 Å². The molecule has 5 nitrogen and oxygen atoms in total. The van der Waals surface area contributed by atoms with Crippen LogP contribution in [0.5, 0.6) is 0 Å². The molecule has 2 heterocycles. The Kier molecular flexibility index (Phi) is 3.29. The average Bonchev–Trinajstić information content (AvgIpc) is 3.30. The van der Waals surface area contributed by atoms with Gasteiger partial charge in [0.25, 0.3) is 0 Å². The van der Waals surface area contributed by atoms with Gasteiger partial charge in [-0.2, -0.15) is 0 Å². The zero-order valence-corrected chi connectivity index (χ0v) is 14.5. The van der Waals surface area contributed by atoms with E-state index in [4.69, 9.17) is 0 Å². The van der Waals surface area contributed by atoms with Crippen molar-refractivity contribution in [3.05, 3.63) is 36.4 Å². The molecule has 25 heavy (non-hydrogen) atoms. The molecule has 4 atom stereocenters. The fourth-order valence-corrected chi connectivity index (χ4v) is 5.03. The van der Waals surface area contributed by atoms with Crippen LogP contribution in [0.3, 0.4) is 0 Å². The zero-order chi connectivity index (χ0) is 17.1. The van der Waals surface area contributed by atoms with E-state index in [1.165, 1.54) is 4.90 Å². The molecule has 2 saturated heterocycles. The number of rotatable bonds is 2. The lowest BCUT2D eigenvalue weighted by molar-refractivity contribution is -0.123. The first kappa shape index (κ1) is 15.1. The van der Waals surface area contributed by atoms with E-state index in [-0.39, 0.29) is 35.5 Å². The number of allylic oxidation sites excluding steroid dienone is 2. The predicted molar refractivity (Wildman–Crippen MR) is 96.4 cm³/mol. The third-order valence-corrected chi connectivity index (χ3v) is 6.45. The number of carbonyl (C=O) groups is 2. The number of amides is 2. The number of imide groups is 1. The van der Waals surface area contributed by atoms with E-state index in [2.05, 4.69) is 29.0 Å². The summed E-state index contributed by atoms with van der Waals surface area (Å²) in [5.41, 5.74) is 1.89. The minimum absolute atomic E-state index is 0.000743. The maximum atomic E-state index is 12.9. The monoisotopic (exact) mass is 337 g/mol. The van der Waals surface area contributed by atoms with Gasteiger partial charge in [-0.3, -0.25) is 14.5 Å². The highest BCUT2D eigenvalue weighted by Gasteiger charge is 2.59. The molecule has 2 aliphatic heterocycles. The van der Waals surface area contributed by atoms with Crippen molar-refractivity contribution < 1.29 is 9.59 Å². The Hall–Kier alpha value is -2.14. The Labute approximate surface area is 147 Å². The molecule has 1 aromatic rings. The molecular formula is C20H23N3O2. The lowest BCUT2D eigenvalue weighted by Crippen LogP contribution is -2.44. The van der Waals surface area contributed by atoms with Gasteiger partial charge in [0.15, 0.2) is 0 Å². The van der Waals surface area contributed by atoms with Gasteiger partial charge in [0, 0.05) is 31.9 Å². The van der Waals surface area contributed by atoms with Crippen molar-refractivity contribution >= 4 is 23.2 Å². The summed E-state index contributed by atoms with van der Waals surface area (Å²) in [6, 6.07) is 7.95. The molecule has 0 N–H and O–H groups in total. The smallest absolute Gasteiger partial charge is 0.238 e. The van der Waals surface area contributed by atoms with Crippen LogP contribution in [0.2, 0.25) is 0 Å². The molecule has 2 amide bonds. The van der Waals surface area contributed by atoms with E-state index < -0.39 is 0 Å². The van der Waals surface area contributed by atoms with E-state index in [0.717, 1.165) is 44.0 Å². The van der Waals surface area contributed by atoms with Crippen molar-refractivity contribution in [3.63, 3.8) is 0 Å². The Morgan fingerprint density at radius 1 is 0.800 bits per heavy atom. The van der Waals surface area contributed by atoms with Crippen LogP contribution in [0.25, 0.3) is 0 Å². The van der Waals surface area contributed by atoms with Gasteiger partial charge in [0.05, 0.1) is 17.5 Å². The van der Waals surface area contributed by atoms with Gasteiger partial charge in [-0.15, -0.1) is 0 Å². The molecule has 3 fully saturated rings. The van der Waals surface area contributed by atoms with Crippen molar-refractivity contribution in [2.24, 2.45) is 23.7 Å². The van der Waals surface area contributed by atoms with Crippen LogP contribution in [-0.4, -0.2) is 49.9 Å². The second kappa shape index (κ2) is 5.43. The molecule has 1 saturated carbocycles. The number of hydrogen-bond acceptors (Lipinski definition) is 4. The predicted octanol–water partition coefficient (Wildman–Crippen LogP) is 1.75. The fourth-order valence-electron chi connectivity index (χ4n) is 5.03. The number of benzene rings is 1. The number of fused-ring (bicyclic) bond motifs is 5. The Balaban J connectivity index is 1.37. The number of carbonyl (C=O) groups excluding carboxylic acids is 2. The fraction of sp³-hybridized carbons (Fsp3) is 0.500. The van der Waals surface area contributed by atoms with Gasteiger partial charge in [0.1, 0.15) is 0 Å². The van der Waals surface area contributed by atoms with Gasteiger partial charge in [-0.05, 0) is 49.6 Å². The van der Waals surface area contributed by atoms with E-state index >= 15 is 0 Å². The summed E-state index contributed by atoms with van der Waals surface area (Å²) in [6.07, 6.45) is 5.25. The maximum Gasteiger partial charge on any atom is 0.238 e. The molecule has 4 unspecified atom stereocenters. The van der Waals surface area contributed by atoms with Gasteiger partial charge in [0.2, 0.25) is 11.8 Å². The molecule has 1 aromatic carbocycles. The summed E-state index contributed by atoms with van der Waals surface area (Å²) in [5.74, 6) is 0.278. The summed E-state index contributed by atoms with van der Waals surface area (Å²) in [4.78, 5) is 31.9. The molecular weight excluding hydrogens is 314 g/mol. The van der Waals surface area contributed by atoms with E-state index in [1.807, 2.05) is 24.3 Å². The lowest BCUT2D eigenvalue weighted by Gasteiger charge is -2.34. The van der Waals surface area contributed by atoms with Crippen molar-refractivity contribution in [3.8, 4) is 0 Å². The quantitative estimate of drug-likeness (QED) is 0.609. The summed E-state index contributed by atoms with van der Waals surface area (Å²) in [6.45, 7) is 4.14. The largest absolute Gasteiger partial charge is 0.369 e. The highest BCUT2D eigenvalue weighted by Crippen LogP contribution is 2.53. The summed E-state index contributed by atoms with van der Waals surface area (Å²) in [5, 5.41) is 0. The number of anilines is 2. The topological polar surface area (TPSA) is 43.9 Å². The first-order valence-electron chi connectivity index (χ1n) is 9.23. The summed E-state index contributed by atoms with van der Waals surface area (Å²) >= 11 is 0. The minimum atomic E-state index is -0.125. The number of piperazine rings is 1. The van der Waals surface area contributed by atoms with E-state index in [0.29, 0.717) is 0 Å². The molecule has 0 aromatic heterocycles. The molecule has 2 bridgehead atoms. The third kappa shape index (κ3) is 2.18.